The molecule has 0 saturated carbocycles. The van der Waals surface area contributed by atoms with Gasteiger partial charge in [-0.25, -0.2) is 0 Å². The molecule has 1 N–H and O–H groups in total. The second-order valence-electron chi connectivity index (χ2n) is 3.58. The number of nitrogens with one attached hydrogen (secondary N) is 1. The van der Waals surface area contributed by atoms with Crippen molar-refractivity contribution in [1.29, 1.82) is 0 Å². The molecule has 80 valence electrons. The van der Waals surface area contributed by atoms with Crippen molar-refractivity contribution in [3.63, 3.8) is 0 Å². The number of H-pyrrole nitrogens is 1. The first-order chi connectivity index (χ1) is 6.33. The Kier molecular flexibility index (Phi) is 2.88. The van der Waals surface area contributed by atoms with Gasteiger partial charge in [0.2, 0.25) is 14.0 Å². The molecule has 1 aromatic heterocycles. The number of nitrogens with zero attached hydrogens (tertiary/aromatic N) is 1. The normalized spacial score (nSPS) is 12.9. The van der Waals surface area contributed by atoms with E-state index in [9.17, 15) is 13.2 Å². The van der Waals surface area contributed by atoms with Gasteiger partial charge in [0.1, 0.15) is 0 Å². The van der Waals surface area contributed by atoms with Crippen LogP contribution in [0.1, 0.15) is 0 Å². The fourth-order valence-electron chi connectivity index (χ4n) is 0.663. The van der Waals surface area contributed by atoms with Crippen LogP contribution < -0.4 is 4.74 Å². The summed E-state index contributed by atoms with van der Waals surface area (Å²) in [6, 6.07) is 1.49. The molecular weight excluding hydrogens is 213 g/mol. The Balaban J connectivity index is 2.53. The van der Waals surface area contributed by atoms with Crippen LogP contribution in [0.3, 0.4) is 0 Å². The summed E-state index contributed by atoms with van der Waals surface area (Å²) < 4.78 is 42.2. The van der Waals surface area contributed by atoms with Crippen LogP contribution in [0, 0.1) is 0 Å². The Hall–Kier alpha value is -0.983. The zero-order chi connectivity index (χ0) is 10.8. The lowest BCUT2D eigenvalue weighted by atomic mass is 10.7. The van der Waals surface area contributed by atoms with Gasteiger partial charge < -0.3 is 4.74 Å². The molecule has 0 aliphatic heterocycles. The third-order valence-corrected chi connectivity index (χ3v) is 4.22. The molecule has 1 rings (SSSR count). The highest BCUT2D eigenvalue weighted by Gasteiger charge is 2.50. The van der Waals surface area contributed by atoms with E-state index in [2.05, 4.69) is 10.2 Å². The van der Waals surface area contributed by atoms with E-state index < -0.39 is 13.9 Å². The van der Waals surface area contributed by atoms with Crippen LogP contribution in [0.2, 0.25) is 13.1 Å². The van der Waals surface area contributed by atoms with Crippen LogP contribution in [0.5, 0.6) is 5.88 Å². The lowest BCUT2D eigenvalue weighted by Crippen LogP contribution is -2.50. The smallest absolute Gasteiger partial charge is 0.364 e. The molecule has 1 heterocycles. The van der Waals surface area contributed by atoms with E-state index in [1.807, 2.05) is 0 Å². The maximum absolute atomic E-state index is 12.4. The van der Waals surface area contributed by atoms with E-state index in [4.69, 9.17) is 4.74 Å². The van der Waals surface area contributed by atoms with Crippen molar-refractivity contribution in [1.82, 2.24) is 10.2 Å². The molecule has 0 fully saturated rings. The van der Waals surface area contributed by atoms with Gasteiger partial charge in [-0.2, -0.15) is 13.2 Å². The highest BCUT2D eigenvalue weighted by atomic mass is 28.3. The van der Waals surface area contributed by atoms with Crippen LogP contribution >= 0.6 is 0 Å². The van der Waals surface area contributed by atoms with E-state index >= 15 is 0 Å². The van der Waals surface area contributed by atoms with Gasteiger partial charge in [-0.3, -0.25) is 5.10 Å². The summed E-state index contributed by atoms with van der Waals surface area (Å²) in [5.41, 5.74) is 0. The summed E-state index contributed by atoms with van der Waals surface area (Å²) in [7, 11) is -3.34. The van der Waals surface area contributed by atoms with Crippen molar-refractivity contribution in [2.24, 2.45) is 0 Å². The third-order valence-electron chi connectivity index (χ3n) is 1.82. The lowest BCUT2D eigenvalue weighted by molar-refractivity contribution is -0.0581. The molecule has 0 bridgehead atoms. The summed E-state index contributed by atoms with van der Waals surface area (Å²) >= 11 is 0. The number of halogens is 3. The number of alkyl halides is 3. The minimum absolute atomic E-state index is 0.204. The van der Waals surface area contributed by atoms with Gasteiger partial charge in [0.05, 0.1) is 6.23 Å². The molecule has 1 aromatic rings. The van der Waals surface area contributed by atoms with Gasteiger partial charge >= 0.3 is 5.80 Å². The second-order valence-corrected chi connectivity index (χ2v) is 8.21. The quantitative estimate of drug-likeness (QED) is 0.799. The zero-order valence-electron chi connectivity index (χ0n) is 7.85. The van der Waals surface area contributed by atoms with Crippen molar-refractivity contribution in [2.45, 2.75) is 18.9 Å². The number of ether oxygens (including phenoxy) is 1. The Morgan fingerprint density at radius 2 is 2.14 bits per heavy atom. The highest BCUT2D eigenvalue weighted by molar-refractivity contribution is 6.79. The van der Waals surface area contributed by atoms with Crippen molar-refractivity contribution in [2.75, 3.05) is 6.23 Å². The average Bonchev–Trinajstić information content (AvgIpc) is 2.50. The molecule has 0 spiro atoms. The summed E-state index contributed by atoms with van der Waals surface area (Å²) in [5.74, 6) is -3.93. The van der Waals surface area contributed by atoms with Gasteiger partial charge in [0.15, 0.2) is 0 Å². The fourth-order valence-corrected chi connectivity index (χ4v) is 1.34. The number of hydrogen-bond acceptors (Lipinski definition) is 2. The molecular formula is C7H11F3N2OSi. The Labute approximate surface area is 80.3 Å². The first-order valence-corrected chi connectivity index (χ1v) is 7.23. The van der Waals surface area contributed by atoms with E-state index in [0.717, 1.165) is 0 Å². The van der Waals surface area contributed by atoms with Gasteiger partial charge in [-0.1, -0.05) is 13.1 Å². The molecule has 14 heavy (non-hydrogen) atoms. The third kappa shape index (κ3) is 2.50. The van der Waals surface area contributed by atoms with E-state index in [-0.39, 0.29) is 12.1 Å². The average molecular weight is 224 g/mol. The largest absolute Gasteiger partial charge is 0.480 e. The van der Waals surface area contributed by atoms with Crippen LogP contribution in [0.25, 0.3) is 0 Å². The highest BCUT2D eigenvalue weighted by Crippen LogP contribution is 2.28. The molecule has 0 atom stereocenters. The number of aromatic nitrogens is 2. The predicted molar refractivity (Wildman–Crippen MR) is 47.6 cm³/mol. The van der Waals surface area contributed by atoms with Crippen molar-refractivity contribution >= 4 is 8.07 Å². The van der Waals surface area contributed by atoms with Crippen LogP contribution in [-0.4, -0.2) is 30.3 Å². The maximum atomic E-state index is 12.4. The minimum atomic E-state index is -4.14. The molecule has 0 aromatic carbocycles. The van der Waals surface area contributed by atoms with Crippen LogP contribution in [0.4, 0.5) is 13.2 Å². The summed E-state index contributed by atoms with van der Waals surface area (Å²) in [5, 5.41) is 6.07. The Bertz CT molecular complexity index is 284. The first kappa shape index (κ1) is 11.1. The van der Waals surface area contributed by atoms with E-state index in [1.54, 1.807) is 0 Å². The van der Waals surface area contributed by atoms with Gasteiger partial charge in [-0.15, -0.1) is 5.10 Å². The van der Waals surface area contributed by atoms with Crippen molar-refractivity contribution in [3.05, 3.63) is 12.3 Å². The summed E-state index contributed by atoms with van der Waals surface area (Å²) in [4.78, 5) is 0. The molecule has 0 aliphatic carbocycles. The molecule has 0 unspecified atom stereocenters. The SMILES string of the molecule is C[Si](C)(COc1cc[nH]n1)C(F)(F)F. The monoisotopic (exact) mass is 224 g/mol. The number of hydrogen-bond donors (Lipinski definition) is 1. The zero-order valence-corrected chi connectivity index (χ0v) is 8.85. The summed E-state index contributed by atoms with van der Waals surface area (Å²) in [6.45, 7) is 2.44. The van der Waals surface area contributed by atoms with Gasteiger partial charge in [0, 0.05) is 12.3 Å². The van der Waals surface area contributed by atoms with Gasteiger partial charge in [0.25, 0.3) is 0 Å². The number of rotatable bonds is 3. The minimum Gasteiger partial charge on any atom is -0.480 e. The Morgan fingerprint density at radius 1 is 1.50 bits per heavy atom. The lowest BCUT2D eigenvalue weighted by Gasteiger charge is -2.24. The molecule has 0 radical (unpaired) electrons. The maximum Gasteiger partial charge on any atom is 0.364 e. The van der Waals surface area contributed by atoms with Gasteiger partial charge in [-0.05, 0) is 0 Å². The molecule has 0 saturated heterocycles. The van der Waals surface area contributed by atoms with Crippen molar-refractivity contribution < 1.29 is 17.9 Å². The van der Waals surface area contributed by atoms with E-state index in [0.29, 0.717) is 0 Å². The predicted octanol–water partition coefficient (Wildman–Crippen LogP) is 2.14. The standard InChI is InChI=1S/C7H11F3N2OSi/c1-14(2,7(8,9)10)5-13-6-3-4-11-12-6/h3-4H,5H2,1-2H3,(H,11,12). The molecule has 3 nitrogen and oxygen atoms in total. The topological polar surface area (TPSA) is 37.9 Å². The number of aromatic amines is 1. The molecule has 7 heteroatoms. The van der Waals surface area contributed by atoms with Crippen molar-refractivity contribution in [3.8, 4) is 5.88 Å². The Morgan fingerprint density at radius 3 is 2.57 bits per heavy atom. The summed E-state index contributed by atoms with van der Waals surface area (Å²) in [6.07, 6.45) is 1.19. The molecule has 0 amide bonds. The fraction of sp³-hybridized carbons (Fsp3) is 0.571. The second kappa shape index (κ2) is 3.64. The van der Waals surface area contributed by atoms with Crippen LogP contribution in [-0.2, 0) is 0 Å². The first-order valence-electron chi connectivity index (χ1n) is 4.02. The van der Waals surface area contributed by atoms with Crippen LogP contribution in [0.15, 0.2) is 12.3 Å². The molecule has 0 aliphatic rings. The van der Waals surface area contributed by atoms with E-state index in [1.165, 1.54) is 25.4 Å².